The van der Waals surface area contributed by atoms with Crippen LogP contribution in [0.2, 0.25) is 0 Å². The highest BCUT2D eigenvalue weighted by atomic mass is 32.1. The number of aromatic hydroxyl groups is 1. The van der Waals surface area contributed by atoms with Crippen molar-refractivity contribution in [3.63, 3.8) is 0 Å². The van der Waals surface area contributed by atoms with Crippen molar-refractivity contribution in [2.24, 2.45) is 0 Å². The number of hydrogen-bond donors (Lipinski definition) is 2. The molecule has 0 bridgehead atoms. The maximum atomic E-state index is 9.36. The average molecular weight is 218 g/mol. The van der Waals surface area contributed by atoms with Crippen LogP contribution in [0.3, 0.4) is 0 Å². The molecular weight excluding hydrogens is 212 g/mol. The molecule has 0 aliphatic heterocycles. The smallest absolute Gasteiger partial charge is 0.316 e. The van der Waals surface area contributed by atoms with E-state index in [2.05, 4.69) is 19.9 Å². The lowest BCUT2D eigenvalue weighted by Crippen LogP contribution is -1.87. The SMILES string of the molecule is Oc1nc(-c2cccs2)c2[nH]cnc2n1. The van der Waals surface area contributed by atoms with Crippen molar-refractivity contribution >= 4 is 22.5 Å². The molecule has 15 heavy (non-hydrogen) atoms. The van der Waals surface area contributed by atoms with Gasteiger partial charge in [0, 0.05) is 0 Å². The molecule has 0 amide bonds. The minimum atomic E-state index is -0.252. The summed E-state index contributed by atoms with van der Waals surface area (Å²) in [4.78, 5) is 15.7. The van der Waals surface area contributed by atoms with Crippen LogP contribution in [-0.4, -0.2) is 25.0 Å². The lowest BCUT2D eigenvalue weighted by Gasteiger charge is -1.98. The highest BCUT2D eigenvalue weighted by Gasteiger charge is 2.11. The summed E-state index contributed by atoms with van der Waals surface area (Å²) < 4.78 is 0. The minimum absolute atomic E-state index is 0.252. The quantitative estimate of drug-likeness (QED) is 0.653. The van der Waals surface area contributed by atoms with Gasteiger partial charge in [0.25, 0.3) is 0 Å². The monoisotopic (exact) mass is 218 g/mol. The summed E-state index contributed by atoms with van der Waals surface area (Å²) in [6, 6.07) is 3.62. The number of fused-ring (bicyclic) bond motifs is 1. The first-order valence-electron chi connectivity index (χ1n) is 4.28. The highest BCUT2D eigenvalue weighted by molar-refractivity contribution is 7.13. The van der Waals surface area contributed by atoms with Crippen molar-refractivity contribution in [2.75, 3.05) is 0 Å². The van der Waals surface area contributed by atoms with E-state index in [1.807, 2.05) is 17.5 Å². The van der Waals surface area contributed by atoms with Gasteiger partial charge in [0.15, 0.2) is 5.65 Å². The summed E-state index contributed by atoms with van der Waals surface area (Å²) in [5.41, 5.74) is 1.91. The van der Waals surface area contributed by atoms with E-state index in [0.29, 0.717) is 11.3 Å². The number of nitrogens with one attached hydrogen (secondary N) is 1. The van der Waals surface area contributed by atoms with Crippen molar-refractivity contribution in [3.8, 4) is 16.6 Å². The topological polar surface area (TPSA) is 74.7 Å². The molecule has 3 heterocycles. The van der Waals surface area contributed by atoms with E-state index in [1.165, 1.54) is 6.33 Å². The average Bonchev–Trinajstić information content (AvgIpc) is 2.86. The Labute approximate surface area is 88.5 Å². The Bertz CT molecular complexity index is 602. The Balaban J connectivity index is 2.38. The third-order valence-corrected chi connectivity index (χ3v) is 2.90. The van der Waals surface area contributed by atoms with Crippen LogP contribution in [0.1, 0.15) is 0 Å². The number of hydrogen-bond acceptors (Lipinski definition) is 5. The normalized spacial score (nSPS) is 10.9. The third-order valence-electron chi connectivity index (χ3n) is 2.03. The second kappa shape index (κ2) is 3.03. The van der Waals surface area contributed by atoms with Gasteiger partial charge < -0.3 is 10.1 Å². The lowest BCUT2D eigenvalue weighted by molar-refractivity contribution is 0.433. The molecule has 0 aromatic carbocycles. The van der Waals surface area contributed by atoms with Gasteiger partial charge in [-0.3, -0.25) is 0 Å². The second-order valence-corrected chi connectivity index (χ2v) is 3.90. The van der Waals surface area contributed by atoms with Gasteiger partial charge in [0.1, 0.15) is 11.2 Å². The molecule has 0 radical (unpaired) electrons. The Hall–Kier alpha value is -1.95. The van der Waals surface area contributed by atoms with Gasteiger partial charge in [-0.2, -0.15) is 9.97 Å². The van der Waals surface area contributed by atoms with E-state index in [1.54, 1.807) is 11.3 Å². The maximum absolute atomic E-state index is 9.36. The minimum Gasteiger partial charge on any atom is -0.479 e. The molecule has 6 heteroatoms. The first-order valence-corrected chi connectivity index (χ1v) is 5.16. The molecule has 3 aromatic rings. The fraction of sp³-hybridized carbons (Fsp3) is 0. The number of aromatic amines is 1. The zero-order valence-electron chi connectivity index (χ0n) is 7.51. The largest absolute Gasteiger partial charge is 0.479 e. The highest BCUT2D eigenvalue weighted by Crippen LogP contribution is 2.28. The maximum Gasteiger partial charge on any atom is 0.316 e. The summed E-state index contributed by atoms with van der Waals surface area (Å²) in [5.74, 6) is 0. The number of H-pyrrole nitrogens is 1. The molecule has 0 spiro atoms. The Kier molecular flexibility index (Phi) is 1.69. The van der Waals surface area contributed by atoms with E-state index >= 15 is 0 Å². The molecule has 0 aliphatic rings. The van der Waals surface area contributed by atoms with E-state index in [-0.39, 0.29) is 6.01 Å². The zero-order chi connectivity index (χ0) is 10.3. The molecule has 74 valence electrons. The molecule has 0 atom stereocenters. The number of nitrogens with zero attached hydrogens (tertiary/aromatic N) is 3. The Morgan fingerprint density at radius 1 is 1.33 bits per heavy atom. The number of imidazole rings is 1. The van der Waals surface area contributed by atoms with Gasteiger partial charge in [0.2, 0.25) is 0 Å². The van der Waals surface area contributed by atoms with Crippen molar-refractivity contribution < 1.29 is 5.11 Å². The van der Waals surface area contributed by atoms with Crippen molar-refractivity contribution in [1.82, 2.24) is 19.9 Å². The van der Waals surface area contributed by atoms with E-state index < -0.39 is 0 Å². The molecule has 0 saturated heterocycles. The van der Waals surface area contributed by atoms with Crippen LogP contribution < -0.4 is 0 Å². The second-order valence-electron chi connectivity index (χ2n) is 2.95. The van der Waals surface area contributed by atoms with Crippen LogP contribution in [0.4, 0.5) is 0 Å². The van der Waals surface area contributed by atoms with Crippen LogP contribution in [0.5, 0.6) is 6.01 Å². The van der Waals surface area contributed by atoms with Crippen LogP contribution in [0, 0.1) is 0 Å². The van der Waals surface area contributed by atoms with Crippen molar-refractivity contribution in [2.45, 2.75) is 0 Å². The predicted octanol–water partition coefficient (Wildman–Crippen LogP) is 1.79. The molecular formula is C9H6N4OS. The van der Waals surface area contributed by atoms with Gasteiger partial charge >= 0.3 is 6.01 Å². The van der Waals surface area contributed by atoms with Crippen LogP contribution in [0.25, 0.3) is 21.7 Å². The first kappa shape index (κ1) is 8.37. The van der Waals surface area contributed by atoms with Crippen LogP contribution in [-0.2, 0) is 0 Å². The fourth-order valence-corrected chi connectivity index (χ4v) is 2.13. The zero-order valence-corrected chi connectivity index (χ0v) is 8.32. The number of rotatable bonds is 1. The number of aromatic nitrogens is 4. The van der Waals surface area contributed by atoms with Gasteiger partial charge in [-0.15, -0.1) is 11.3 Å². The Morgan fingerprint density at radius 2 is 2.27 bits per heavy atom. The summed E-state index contributed by atoms with van der Waals surface area (Å²) in [6.07, 6.45) is 1.54. The molecule has 0 fully saturated rings. The van der Waals surface area contributed by atoms with Gasteiger partial charge in [0.05, 0.1) is 11.2 Å². The van der Waals surface area contributed by atoms with Crippen LogP contribution >= 0.6 is 11.3 Å². The summed E-state index contributed by atoms with van der Waals surface area (Å²) in [5, 5.41) is 11.3. The van der Waals surface area contributed by atoms with Crippen molar-refractivity contribution in [3.05, 3.63) is 23.8 Å². The van der Waals surface area contributed by atoms with Gasteiger partial charge in [-0.1, -0.05) is 6.07 Å². The fourth-order valence-electron chi connectivity index (χ4n) is 1.41. The summed E-state index contributed by atoms with van der Waals surface area (Å²) in [7, 11) is 0. The lowest BCUT2D eigenvalue weighted by atomic mass is 10.3. The van der Waals surface area contributed by atoms with Crippen LogP contribution in [0.15, 0.2) is 23.8 Å². The summed E-state index contributed by atoms with van der Waals surface area (Å²) >= 11 is 1.55. The predicted molar refractivity (Wildman–Crippen MR) is 56.7 cm³/mol. The third kappa shape index (κ3) is 1.26. The van der Waals surface area contributed by atoms with E-state index in [0.717, 1.165) is 10.4 Å². The number of thiophene rings is 1. The first-order chi connectivity index (χ1) is 7.34. The standard InChI is InChI=1S/C9H6N4OS/c14-9-12-6(5-2-1-3-15-5)7-8(13-9)11-4-10-7/h1-4H,(H2,10,11,12,13,14). The van der Waals surface area contributed by atoms with Gasteiger partial charge in [-0.25, -0.2) is 4.98 Å². The van der Waals surface area contributed by atoms with Crippen molar-refractivity contribution in [1.29, 1.82) is 0 Å². The van der Waals surface area contributed by atoms with Gasteiger partial charge in [-0.05, 0) is 11.4 Å². The molecule has 0 unspecified atom stereocenters. The molecule has 3 aromatic heterocycles. The van der Waals surface area contributed by atoms with E-state index in [4.69, 9.17) is 0 Å². The Morgan fingerprint density at radius 3 is 3.07 bits per heavy atom. The molecule has 0 aliphatic carbocycles. The molecule has 5 nitrogen and oxygen atoms in total. The molecule has 0 saturated carbocycles. The molecule has 2 N–H and O–H groups in total. The summed E-state index contributed by atoms with van der Waals surface area (Å²) in [6.45, 7) is 0. The molecule has 3 rings (SSSR count). The van der Waals surface area contributed by atoms with E-state index in [9.17, 15) is 5.11 Å².